The molecule has 0 aromatic heterocycles. The van der Waals surface area contributed by atoms with E-state index in [4.69, 9.17) is 10.8 Å². The average molecular weight is 190 g/mol. The van der Waals surface area contributed by atoms with Gasteiger partial charge in [0, 0.05) is 0 Å². The molecule has 0 aromatic carbocycles. The summed E-state index contributed by atoms with van der Waals surface area (Å²) in [6.07, 6.45) is 1.39. The van der Waals surface area contributed by atoms with Gasteiger partial charge >= 0.3 is 5.97 Å². The lowest BCUT2D eigenvalue weighted by molar-refractivity contribution is -0.138. The minimum absolute atomic E-state index is 0. The molecule has 0 saturated heterocycles. The van der Waals surface area contributed by atoms with E-state index in [1.165, 1.54) is 0 Å². The summed E-state index contributed by atoms with van der Waals surface area (Å²) in [5.41, 5.74) is 5.13. The van der Waals surface area contributed by atoms with Crippen molar-refractivity contribution in [2.24, 2.45) is 5.73 Å². The first kappa shape index (κ1) is 16.5. The number of nitrogens with two attached hydrogens (primary N) is 1. The van der Waals surface area contributed by atoms with E-state index in [-0.39, 0.29) is 24.8 Å². The predicted octanol–water partition coefficient (Wildman–Crippen LogP) is 1.04. The van der Waals surface area contributed by atoms with Crippen LogP contribution < -0.4 is 5.73 Å². The zero-order valence-electron chi connectivity index (χ0n) is 5.74. The minimum atomic E-state index is -0.910. The molecule has 3 N–H and O–H groups in total. The molecule has 0 amide bonds. The molecule has 0 aromatic rings. The maximum Gasteiger partial charge on any atom is 0.320 e. The van der Waals surface area contributed by atoms with Crippen molar-refractivity contribution in [1.29, 1.82) is 0 Å². The van der Waals surface area contributed by atoms with E-state index in [0.717, 1.165) is 6.42 Å². The topological polar surface area (TPSA) is 63.3 Å². The van der Waals surface area contributed by atoms with E-state index >= 15 is 0 Å². The lowest BCUT2D eigenvalue weighted by atomic mass is 10.2. The Morgan fingerprint density at radius 3 is 2.10 bits per heavy atom. The molecule has 0 aliphatic heterocycles. The van der Waals surface area contributed by atoms with Crippen LogP contribution in [0, 0.1) is 0 Å². The van der Waals surface area contributed by atoms with Crippen LogP contribution in [-0.2, 0) is 4.79 Å². The Balaban J connectivity index is -0.000000245. The predicted molar refractivity (Wildman–Crippen MR) is 45.0 cm³/mol. The van der Waals surface area contributed by atoms with Gasteiger partial charge in [-0.15, -0.1) is 24.8 Å². The number of hydrogen-bond acceptors (Lipinski definition) is 2. The molecule has 10 heavy (non-hydrogen) atoms. The maximum atomic E-state index is 9.96. The number of halogens is 2. The number of carboxylic acids is 1. The minimum Gasteiger partial charge on any atom is -0.480 e. The quantitative estimate of drug-likeness (QED) is 0.698. The molecule has 0 bridgehead atoms. The van der Waals surface area contributed by atoms with E-state index in [9.17, 15) is 4.79 Å². The van der Waals surface area contributed by atoms with Crippen molar-refractivity contribution in [2.45, 2.75) is 25.8 Å². The van der Waals surface area contributed by atoms with E-state index in [0.29, 0.717) is 6.42 Å². The van der Waals surface area contributed by atoms with Gasteiger partial charge in [0.1, 0.15) is 6.04 Å². The molecule has 0 unspecified atom stereocenters. The van der Waals surface area contributed by atoms with Crippen LogP contribution >= 0.6 is 24.8 Å². The van der Waals surface area contributed by atoms with Crippen LogP contribution in [0.4, 0.5) is 0 Å². The molecule has 5 heteroatoms. The van der Waals surface area contributed by atoms with Crippen molar-refractivity contribution >= 4 is 30.8 Å². The van der Waals surface area contributed by atoms with Gasteiger partial charge in [0.25, 0.3) is 0 Å². The third-order valence-corrected chi connectivity index (χ3v) is 0.917. The highest BCUT2D eigenvalue weighted by Gasteiger charge is 2.07. The highest BCUT2D eigenvalue weighted by molar-refractivity contribution is 5.85. The van der Waals surface area contributed by atoms with Crippen molar-refractivity contribution in [3.05, 3.63) is 0 Å². The van der Waals surface area contributed by atoms with Crippen molar-refractivity contribution in [1.82, 2.24) is 0 Å². The lowest BCUT2D eigenvalue weighted by Crippen LogP contribution is -2.29. The van der Waals surface area contributed by atoms with Gasteiger partial charge in [-0.1, -0.05) is 13.3 Å². The van der Waals surface area contributed by atoms with Gasteiger partial charge in [-0.3, -0.25) is 4.79 Å². The van der Waals surface area contributed by atoms with Gasteiger partial charge in [0.2, 0.25) is 0 Å². The van der Waals surface area contributed by atoms with Crippen LogP contribution in [0.15, 0.2) is 0 Å². The summed E-state index contributed by atoms with van der Waals surface area (Å²) in [4.78, 5) is 9.96. The standard InChI is InChI=1S/C5H11NO2.2ClH/c1-2-3-4(6)5(7)8;;/h4H,2-3,6H2,1H3,(H,7,8);2*1H/t4-;;/m0../s1. The van der Waals surface area contributed by atoms with Crippen LogP contribution in [0.5, 0.6) is 0 Å². The van der Waals surface area contributed by atoms with Crippen molar-refractivity contribution in [3.63, 3.8) is 0 Å². The first-order valence-corrected chi connectivity index (χ1v) is 2.67. The third-order valence-electron chi connectivity index (χ3n) is 0.917. The monoisotopic (exact) mass is 189 g/mol. The second-order valence-electron chi connectivity index (χ2n) is 1.73. The van der Waals surface area contributed by atoms with Crippen molar-refractivity contribution < 1.29 is 9.90 Å². The maximum absolute atomic E-state index is 9.96. The number of carbonyl (C=O) groups is 1. The molecule has 0 heterocycles. The SMILES string of the molecule is CCC[C@H](N)C(=O)O.Cl.Cl. The van der Waals surface area contributed by atoms with Gasteiger partial charge in [-0.05, 0) is 6.42 Å². The third kappa shape index (κ3) is 8.01. The highest BCUT2D eigenvalue weighted by atomic mass is 35.5. The van der Waals surface area contributed by atoms with E-state index in [2.05, 4.69) is 0 Å². The van der Waals surface area contributed by atoms with Crippen LogP contribution in [0.25, 0.3) is 0 Å². The Hall–Kier alpha value is 0.01000. The highest BCUT2D eigenvalue weighted by Crippen LogP contribution is 1.91. The molecule has 3 nitrogen and oxygen atoms in total. The smallest absolute Gasteiger partial charge is 0.320 e. The van der Waals surface area contributed by atoms with E-state index in [1.807, 2.05) is 6.92 Å². The fourth-order valence-electron chi connectivity index (χ4n) is 0.434. The summed E-state index contributed by atoms with van der Waals surface area (Å²) in [7, 11) is 0. The number of hydrogen-bond donors (Lipinski definition) is 2. The van der Waals surface area contributed by atoms with Crippen LogP contribution in [0.1, 0.15) is 19.8 Å². The Bertz CT molecular complexity index is 89.7. The fraction of sp³-hybridized carbons (Fsp3) is 0.800. The van der Waals surface area contributed by atoms with Crippen molar-refractivity contribution in [2.75, 3.05) is 0 Å². The molecule has 1 atom stereocenters. The van der Waals surface area contributed by atoms with Crippen LogP contribution in [0.2, 0.25) is 0 Å². The summed E-state index contributed by atoms with van der Waals surface area (Å²) < 4.78 is 0. The normalized spacial score (nSPS) is 10.6. The molecule has 0 aliphatic carbocycles. The number of carboxylic acid groups (broad SMARTS) is 1. The van der Waals surface area contributed by atoms with E-state index < -0.39 is 12.0 Å². The average Bonchev–Trinajstić information content (AvgIpc) is 1.67. The Labute approximate surface area is 72.8 Å². The molecule has 0 saturated carbocycles. The summed E-state index contributed by atoms with van der Waals surface area (Å²) in [5.74, 6) is -0.910. The molecule has 0 rings (SSSR count). The molecule has 0 fully saturated rings. The van der Waals surface area contributed by atoms with Gasteiger partial charge < -0.3 is 10.8 Å². The van der Waals surface area contributed by atoms with Crippen LogP contribution in [0.3, 0.4) is 0 Å². The molecule has 0 spiro atoms. The zero-order chi connectivity index (χ0) is 6.57. The summed E-state index contributed by atoms with van der Waals surface area (Å²) >= 11 is 0. The lowest BCUT2D eigenvalue weighted by Gasteiger charge is -2.00. The summed E-state index contributed by atoms with van der Waals surface area (Å²) in [6, 6.07) is -0.667. The van der Waals surface area contributed by atoms with Crippen LogP contribution in [-0.4, -0.2) is 17.1 Å². The zero-order valence-corrected chi connectivity index (χ0v) is 7.37. The number of rotatable bonds is 3. The number of aliphatic carboxylic acids is 1. The second kappa shape index (κ2) is 9.01. The Kier molecular flexibility index (Phi) is 14.9. The first-order valence-electron chi connectivity index (χ1n) is 2.67. The Morgan fingerprint density at radius 1 is 1.60 bits per heavy atom. The summed E-state index contributed by atoms with van der Waals surface area (Å²) in [5, 5.41) is 8.19. The van der Waals surface area contributed by atoms with Gasteiger partial charge in [0.05, 0.1) is 0 Å². The first-order chi connectivity index (χ1) is 3.68. The molecular weight excluding hydrogens is 177 g/mol. The van der Waals surface area contributed by atoms with Crippen molar-refractivity contribution in [3.8, 4) is 0 Å². The largest absolute Gasteiger partial charge is 0.480 e. The Morgan fingerprint density at radius 2 is 2.00 bits per heavy atom. The van der Waals surface area contributed by atoms with Gasteiger partial charge in [-0.25, -0.2) is 0 Å². The second-order valence-corrected chi connectivity index (χ2v) is 1.73. The fourth-order valence-corrected chi connectivity index (χ4v) is 0.434. The molecule has 64 valence electrons. The summed E-state index contributed by atoms with van der Waals surface area (Å²) in [6.45, 7) is 1.91. The molecule has 0 aliphatic rings. The molecule has 0 radical (unpaired) electrons. The van der Waals surface area contributed by atoms with E-state index in [1.54, 1.807) is 0 Å². The van der Waals surface area contributed by atoms with Gasteiger partial charge in [0.15, 0.2) is 0 Å². The van der Waals surface area contributed by atoms with Gasteiger partial charge in [-0.2, -0.15) is 0 Å². The molecular formula is C5H13Cl2NO2.